The van der Waals surface area contributed by atoms with Crippen molar-refractivity contribution >= 4 is 11.9 Å². The number of rotatable bonds is 4. The lowest BCUT2D eigenvalue weighted by Gasteiger charge is -2.37. The quantitative estimate of drug-likeness (QED) is 0.885. The van der Waals surface area contributed by atoms with E-state index in [0.29, 0.717) is 37.9 Å². The van der Waals surface area contributed by atoms with E-state index in [0.717, 1.165) is 0 Å². The van der Waals surface area contributed by atoms with Crippen molar-refractivity contribution in [3.05, 3.63) is 35.4 Å². The summed E-state index contributed by atoms with van der Waals surface area (Å²) in [6.07, 6.45) is 1.94. The minimum Gasteiger partial charge on any atom is -0.478 e. The third kappa shape index (κ3) is 3.61. The van der Waals surface area contributed by atoms with Gasteiger partial charge in [-0.15, -0.1) is 0 Å². The Labute approximate surface area is 124 Å². The van der Waals surface area contributed by atoms with Gasteiger partial charge in [0.25, 0.3) is 0 Å². The molecule has 0 aromatic heterocycles. The first-order valence-corrected chi connectivity index (χ1v) is 7.26. The Kier molecular flexibility index (Phi) is 4.63. The summed E-state index contributed by atoms with van der Waals surface area (Å²) >= 11 is 0. The number of carboxylic acid groups (broad SMARTS) is 1. The second-order valence-electron chi connectivity index (χ2n) is 5.60. The van der Waals surface area contributed by atoms with Gasteiger partial charge in [-0.05, 0) is 30.9 Å². The van der Waals surface area contributed by atoms with Crippen LogP contribution >= 0.6 is 0 Å². The van der Waals surface area contributed by atoms with Crippen molar-refractivity contribution in [2.45, 2.75) is 38.2 Å². The maximum atomic E-state index is 12.3. The van der Waals surface area contributed by atoms with Gasteiger partial charge in [0.15, 0.2) is 0 Å². The molecule has 2 N–H and O–H groups in total. The van der Waals surface area contributed by atoms with E-state index in [2.05, 4.69) is 0 Å². The van der Waals surface area contributed by atoms with Gasteiger partial charge in [-0.1, -0.05) is 25.1 Å². The summed E-state index contributed by atoms with van der Waals surface area (Å²) in [5.74, 6) is -1.10. The zero-order valence-corrected chi connectivity index (χ0v) is 12.2. The van der Waals surface area contributed by atoms with Crippen LogP contribution in [0.4, 0.5) is 0 Å². The number of carbonyl (C=O) groups excluding carboxylic acids is 1. The van der Waals surface area contributed by atoms with E-state index in [9.17, 15) is 14.7 Å². The molecule has 1 amide bonds. The molecule has 1 aromatic carbocycles. The molecule has 114 valence electrons. The highest BCUT2D eigenvalue weighted by Crippen LogP contribution is 2.25. The molecule has 0 aliphatic carbocycles. The zero-order chi connectivity index (χ0) is 15.5. The monoisotopic (exact) mass is 291 g/mol. The van der Waals surface area contributed by atoms with Crippen LogP contribution in [0.2, 0.25) is 0 Å². The third-order valence-corrected chi connectivity index (χ3v) is 4.29. The van der Waals surface area contributed by atoms with Gasteiger partial charge < -0.3 is 15.1 Å². The average Bonchev–Trinajstić information content (AvgIpc) is 2.48. The highest BCUT2D eigenvalue weighted by atomic mass is 16.4. The van der Waals surface area contributed by atoms with Gasteiger partial charge in [0.2, 0.25) is 5.91 Å². The maximum absolute atomic E-state index is 12.3. The van der Waals surface area contributed by atoms with Crippen LogP contribution in [0, 0.1) is 0 Å². The van der Waals surface area contributed by atoms with E-state index < -0.39 is 11.6 Å². The van der Waals surface area contributed by atoms with Gasteiger partial charge in [0.1, 0.15) is 0 Å². The fourth-order valence-electron chi connectivity index (χ4n) is 2.68. The van der Waals surface area contributed by atoms with E-state index >= 15 is 0 Å². The van der Waals surface area contributed by atoms with Crippen molar-refractivity contribution < 1.29 is 19.8 Å². The second-order valence-corrected chi connectivity index (χ2v) is 5.60. The Balaban J connectivity index is 2.02. The molecule has 1 aliphatic rings. The van der Waals surface area contributed by atoms with Crippen molar-refractivity contribution in [1.29, 1.82) is 0 Å². The highest BCUT2D eigenvalue weighted by Gasteiger charge is 2.32. The number of carbonyl (C=O) groups is 2. The van der Waals surface area contributed by atoms with Gasteiger partial charge in [-0.25, -0.2) is 4.79 Å². The molecule has 0 unspecified atom stereocenters. The fourth-order valence-corrected chi connectivity index (χ4v) is 2.68. The Bertz CT molecular complexity index is 533. The Morgan fingerprint density at radius 2 is 1.86 bits per heavy atom. The number of likely N-dealkylation sites (tertiary alicyclic amines) is 1. The molecule has 1 fully saturated rings. The van der Waals surface area contributed by atoms with Gasteiger partial charge in [0.05, 0.1) is 17.6 Å². The van der Waals surface area contributed by atoms with E-state index in [1.807, 2.05) is 6.92 Å². The summed E-state index contributed by atoms with van der Waals surface area (Å²) in [4.78, 5) is 25.1. The molecule has 1 heterocycles. The first-order chi connectivity index (χ1) is 9.95. The Hall–Kier alpha value is -1.88. The summed E-state index contributed by atoms with van der Waals surface area (Å²) in [5, 5.41) is 19.3. The summed E-state index contributed by atoms with van der Waals surface area (Å²) in [5.41, 5.74) is 0.0506. The molecule has 21 heavy (non-hydrogen) atoms. The Morgan fingerprint density at radius 3 is 2.43 bits per heavy atom. The normalized spacial score (nSPS) is 17.5. The molecule has 0 bridgehead atoms. The second kappa shape index (κ2) is 6.26. The first kappa shape index (κ1) is 15.5. The van der Waals surface area contributed by atoms with Crippen molar-refractivity contribution in [3.8, 4) is 0 Å². The molecule has 5 heteroatoms. The molecule has 0 atom stereocenters. The van der Waals surface area contributed by atoms with E-state index in [1.54, 1.807) is 23.1 Å². The van der Waals surface area contributed by atoms with Crippen molar-refractivity contribution in [1.82, 2.24) is 4.90 Å². The van der Waals surface area contributed by atoms with Crippen molar-refractivity contribution in [2.75, 3.05) is 13.1 Å². The minimum absolute atomic E-state index is 0.0816. The van der Waals surface area contributed by atoms with Crippen LogP contribution in [0.15, 0.2) is 24.3 Å². The van der Waals surface area contributed by atoms with Crippen LogP contribution in [-0.2, 0) is 11.2 Å². The van der Waals surface area contributed by atoms with Crippen LogP contribution in [0.1, 0.15) is 42.1 Å². The number of benzene rings is 1. The number of aliphatic hydroxyl groups is 1. The summed E-state index contributed by atoms with van der Waals surface area (Å²) < 4.78 is 0. The van der Waals surface area contributed by atoms with Gasteiger partial charge in [-0.2, -0.15) is 0 Å². The van der Waals surface area contributed by atoms with Crippen LogP contribution in [0.5, 0.6) is 0 Å². The number of nitrogens with zero attached hydrogens (tertiary/aromatic N) is 1. The predicted octanol–water partition coefficient (Wildman–Crippen LogP) is 1.69. The van der Waals surface area contributed by atoms with Crippen LogP contribution in [0.25, 0.3) is 0 Å². The van der Waals surface area contributed by atoms with Gasteiger partial charge in [-0.3, -0.25) is 4.79 Å². The topological polar surface area (TPSA) is 77.8 Å². The molecular weight excluding hydrogens is 270 g/mol. The number of piperidine rings is 1. The van der Waals surface area contributed by atoms with Crippen molar-refractivity contribution in [3.63, 3.8) is 0 Å². The maximum Gasteiger partial charge on any atom is 0.335 e. The van der Waals surface area contributed by atoms with E-state index in [-0.39, 0.29) is 17.9 Å². The molecule has 1 saturated heterocycles. The van der Waals surface area contributed by atoms with Crippen LogP contribution < -0.4 is 0 Å². The van der Waals surface area contributed by atoms with Crippen LogP contribution in [0.3, 0.4) is 0 Å². The lowest BCUT2D eigenvalue weighted by Crippen LogP contribution is -2.46. The number of carboxylic acids is 1. The average molecular weight is 291 g/mol. The fraction of sp³-hybridized carbons (Fsp3) is 0.500. The summed E-state index contributed by atoms with van der Waals surface area (Å²) in [6.45, 7) is 3.00. The molecular formula is C16H21NO4. The number of hydrogen-bond donors (Lipinski definition) is 2. The lowest BCUT2D eigenvalue weighted by atomic mass is 9.89. The molecule has 1 aliphatic heterocycles. The minimum atomic E-state index is -1.02. The smallest absolute Gasteiger partial charge is 0.335 e. The molecule has 0 spiro atoms. The number of aromatic carboxylic acids is 1. The van der Waals surface area contributed by atoms with Gasteiger partial charge in [0, 0.05) is 13.1 Å². The molecule has 1 aromatic rings. The largest absolute Gasteiger partial charge is 0.478 e. The summed E-state index contributed by atoms with van der Waals surface area (Å²) in [6, 6.07) is 6.57. The standard InChI is InChI=1S/C16H21NO4/c1-2-16(21)7-9-17(10-8-16)14(18)11-12-5-3-4-6-13(12)15(19)20/h3-6,21H,2,7-11H2,1H3,(H,19,20). The first-order valence-electron chi connectivity index (χ1n) is 7.26. The molecule has 5 nitrogen and oxygen atoms in total. The van der Waals surface area contributed by atoms with Gasteiger partial charge >= 0.3 is 5.97 Å². The van der Waals surface area contributed by atoms with Crippen LogP contribution in [-0.4, -0.2) is 45.7 Å². The van der Waals surface area contributed by atoms with E-state index in [1.165, 1.54) is 6.07 Å². The van der Waals surface area contributed by atoms with Crippen molar-refractivity contribution in [2.24, 2.45) is 0 Å². The summed E-state index contributed by atoms with van der Waals surface area (Å²) in [7, 11) is 0. The SMILES string of the molecule is CCC1(O)CCN(C(=O)Cc2ccccc2C(=O)O)CC1. The number of amides is 1. The van der Waals surface area contributed by atoms with E-state index in [4.69, 9.17) is 5.11 Å². The Morgan fingerprint density at radius 1 is 1.24 bits per heavy atom. The molecule has 0 saturated carbocycles. The third-order valence-electron chi connectivity index (χ3n) is 4.29. The predicted molar refractivity (Wildman–Crippen MR) is 78.2 cm³/mol. The lowest BCUT2D eigenvalue weighted by molar-refractivity contribution is -0.134. The molecule has 2 rings (SSSR count). The number of hydrogen-bond acceptors (Lipinski definition) is 3. The highest BCUT2D eigenvalue weighted by molar-refractivity contribution is 5.91. The zero-order valence-electron chi connectivity index (χ0n) is 12.2. The molecule has 0 radical (unpaired) electrons.